The fraction of sp³-hybridized carbons (Fsp3) is 0.571. The summed E-state index contributed by atoms with van der Waals surface area (Å²) in [7, 11) is -3.12. The van der Waals surface area contributed by atoms with E-state index in [-0.39, 0.29) is 5.75 Å². The van der Waals surface area contributed by atoms with Crippen LogP contribution in [-0.4, -0.2) is 19.9 Å². The van der Waals surface area contributed by atoms with Gasteiger partial charge in [0.2, 0.25) is 10.0 Å². The zero-order chi connectivity index (χ0) is 13.7. The van der Waals surface area contributed by atoms with E-state index < -0.39 is 10.0 Å². The Morgan fingerprint density at radius 2 is 2.21 bits per heavy atom. The van der Waals surface area contributed by atoms with Gasteiger partial charge in [0.05, 0.1) is 5.75 Å². The van der Waals surface area contributed by atoms with Crippen LogP contribution < -0.4 is 4.72 Å². The predicted molar refractivity (Wildman–Crippen MR) is 81.0 cm³/mol. The number of benzene rings is 1. The molecule has 1 heterocycles. The summed E-state index contributed by atoms with van der Waals surface area (Å²) in [5.74, 6) is 1.42. The molecule has 0 atom stereocenters. The minimum atomic E-state index is -3.12. The monoisotopic (exact) mass is 299 g/mol. The summed E-state index contributed by atoms with van der Waals surface area (Å²) in [6.07, 6.45) is 3.94. The van der Waals surface area contributed by atoms with Gasteiger partial charge in [-0.3, -0.25) is 0 Å². The van der Waals surface area contributed by atoms with Gasteiger partial charge >= 0.3 is 0 Å². The molecule has 5 heteroatoms. The summed E-state index contributed by atoms with van der Waals surface area (Å²) in [6.45, 7) is 2.40. The van der Waals surface area contributed by atoms with Crippen LogP contribution in [0.15, 0.2) is 23.1 Å². The van der Waals surface area contributed by atoms with Gasteiger partial charge < -0.3 is 0 Å². The second-order valence-electron chi connectivity index (χ2n) is 4.89. The van der Waals surface area contributed by atoms with Gasteiger partial charge in [-0.1, -0.05) is 25.5 Å². The van der Waals surface area contributed by atoms with Gasteiger partial charge in [0.25, 0.3) is 0 Å². The van der Waals surface area contributed by atoms with Crippen LogP contribution in [0.3, 0.4) is 0 Å². The lowest BCUT2D eigenvalue weighted by Crippen LogP contribution is -2.26. The molecule has 1 aromatic carbocycles. The van der Waals surface area contributed by atoms with Gasteiger partial charge in [-0.15, -0.1) is 11.8 Å². The molecule has 0 fully saturated rings. The molecule has 0 aromatic heterocycles. The fourth-order valence-electron chi connectivity index (χ4n) is 2.12. The highest BCUT2D eigenvalue weighted by atomic mass is 32.2. The summed E-state index contributed by atoms with van der Waals surface area (Å²) >= 11 is 1.89. The Kier molecular flexibility index (Phi) is 5.30. The number of thioether (sulfide) groups is 1. The SMILES string of the molecule is CCCCS(=O)(=O)NCc1ccc2c(c1)CCCS2. The maximum absolute atomic E-state index is 11.7. The topological polar surface area (TPSA) is 46.2 Å². The van der Waals surface area contributed by atoms with Crippen LogP contribution in [-0.2, 0) is 23.0 Å². The molecule has 0 aliphatic carbocycles. The van der Waals surface area contributed by atoms with Crippen LogP contribution in [0.25, 0.3) is 0 Å². The Labute approximate surface area is 120 Å². The van der Waals surface area contributed by atoms with Crippen molar-refractivity contribution in [1.82, 2.24) is 4.72 Å². The zero-order valence-corrected chi connectivity index (χ0v) is 12.9. The maximum atomic E-state index is 11.7. The Morgan fingerprint density at radius 1 is 1.37 bits per heavy atom. The van der Waals surface area contributed by atoms with E-state index in [1.807, 2.05) is 24.8 Å². The van der Waals surface area contributed by atoms with Crippen LogP contribution in [0.4, 0.5) is 0 Å². The third-order valence-electron chi connectivity index (χ3n) is 3.24. The van der Waals surface area contributed by atoms with Crippen LogP contribution in [0.2, 0.25) is 0 Å². The van der Waals surface area contributed by atoms with E-state index in [2.05, 4.69) is 16.9 Å². The molecule has 0 spiro atoms. The molecule has 1 N–H and O–H groups in total. The van der Waals surface area contributed by atoms with Crippen molar-refractivity contribution in [2.24, 2.45) is 0 Å². The van der Waals surface area contributed by atoms with Gasteiger partial charge in [-0.25, -0.2) is 13.1 Å². The number of sulfonamides is 1. The molecule has 0 bridgehead atoms. The van der Waals surface area contributed by atoms with Crippen LogP contribution in [0, 0.1) is 0 Å². The first kappa shape index (κ1) is 14.9. The fourth-order valence-corrected chi connectivity index (χ4v) is 4.34. The highest BCUT2D eigenvalue weighted by Gasteiger charge is 2.12. The average Bonchev–Trinajstić information content (AvgIpc) is 2.43. The van der Waals surface area contributed by atoms with Gasteiger partial charge in [0, 0.05) is 11.4 Å². The molecule has 19 heavy (non-hydrogen) atoms. The first-order valence-corrected chi connectivity index (χ1v) is 9.46. The number of unbranched alkanes of at least 4 members (excludes halogenated alkanes) is 1. The van der Waals surface area contributed by atoms with E-state index in [9.17, 15) is 8.42 Å². The largest absolute Gasteiger partial charge is 0.212 e. The van der Waals surface area contributed by atoms with E-state index in [4.69, 9.17) is 0 Å². The average molecular weight is 299 g/mol. The smallest absolute Gasteiger partial charge is 0.211 e. The Hall–Kier alpha value is -0.520. The zero-order valence-electron chi connectivity index (χ0n) is 11.3. The molecule has 0 amide bonds. The molecule has 2 rings (SSSR count). The molecule has 0 unspecified atom stereocenters. The van der Waals surface area contributed by atoms with Crippen molar-refractivity contribution in [3.8, 4) is 0 Å². The van der Waals surface area contributed by atoms with E-state index >= 15 is 0 Å². The van der Waals surface area contributed by atoms with E-state index in [1.165, 1.54) is 22.6 Å². The summed E-state index contributed by atoms with van der Waals surface area (Å²) in [4.78, 5) is 1.35. The van der Waals surface area contributed by atoms with Crippen molar-refractivity contribution in [3.05, 3.63) is 29.3 Å². The third kappa shape index (κ3) is 4.51. The van der Waals surface area contributed by atoms with Crippen molar-refractivity contribution in [2.75, 3.05) is 11.5 Å². The Balaban J connectivity index is 1.96. The first-order valence-electron chi connectivity index (χ1n) is 6.82. The predicted octanol–water partition coefficient (Wildman–Crippen LogP) is 2.94. The molecule has 3 nitrogen and oxygen atoms in total. The molecule has 1 aliphatic rings. The lowest BCUT2D eigenvalue weighted by atomic mass is 10.1. The number of rotatable bonds is 6. The molecular formula is C14H21NO2S2. The van der Waals surface area contributed by atoms with E-state index in [1.54, 1.807) is 0 Å². The van der Waals surface area contributed by atoms with Crippen LogP contribution in [0.1, 0.15) is 37.3 Å². The lowest BCUT2D eigenvalue weighted by molar-refractivity contribution is 0.578. The minimum absolute atomic E-state index is 0.226. The number of fused-ring (bicyclic) bond motifs is 1. The summed E-state index contributed by atoms with van der Waals surface area (Å²) in [6, 6.07) is 6.29. The van der Waals surface area contributed by atoms with Gasteiger partial charge in [-0.05, 0) is 42.2 Å². The highest BCUT2D eigenvalue weighted by Crippen LogP contribution is 2.30. The second-order valence-corrected chi connectivity index (χ2v) is 7.95. The standard InChI is InChI=1S/C14H21NO2S2/c1-2-3-9-19(16,17)15-11-12-6-7-14-13(10-12)5-4-8-18-14/h6-7,10,15H,2-5,8-9,11H2,1H3. The van der Waals surface area contributed by atoms with Crippen LogP contribution in [0.5, 0.6) is 0 Å². The van der Waals surface area contributed by atoms with Gasteiger partial charge in [0.15, 0.2) is 0 Å². The van der Waals surface area contributed by atoms with Crippen molar-refractivity contribution in [2.45, 2.75) is 44.0 Å². The maximum Gasteiger partial charge on any atom is 0.211 e. The highest BCUT2D eigenvalue weighted by molar-refractivity contribution is 7.99. The molecule has 0 saturated carbocycles. The number of hydrogen-bond acceptors (Lipinski definition) is 3. The number of nitrogens with one attached hydrogen (secondary N) is 1. The van der Waals surface area contributed by atoms with Crippen molar-refractivity contribution < 1.29 is 8.42 Å². The molecular weight excluding hydrogens is 278 g/mol. The van der Waals surface area contributed by atoms with E-state index in [0.717, 1.165) is 24.8 Å². The Morgan fingerprint density at radius 3 is 3.00 bits per heavy atom. The quantitative estimate of drug-likeness (QED) is 0.878. The summed E-state index contributed by atoms with van der Waals surface area (Å²) < 4.78 is 26.2. The Bertz CT molecular complexity index is 526. The molecule has 0 radical (unpaired) electrons. The molecule has 1 aromatic rings. The molecule has 1 aliphatic heterocycles. The van der Waals surface area contributed by atoms with Gasteiger partial charge in [0.1, 0.15) is 0 Å². The summed E-state index contributed by atoms with van der Waals surface area (Å²) in [5, 5.41) is 0. The van der Waals surface area contributed by atoms with Crippen molar-refractivity contribution >= 4 is 21.8 Å². The lowest BCUT2D eigenvalue weighted by Gasteiger charge is -2.16. The van der Waals surface area contributed by atoms with E-state index in [0.29, 0.717) is 6.54 Å². The minimum Gasteiger partial charge on any atom is -0.212 e. The molecule has 0 saturated heterocycles. The van der Waals surface area contributed by atoms with Gasteiger partial charge in [-0.2, -0.15) is 0 Å². The summed E-state index contributed by atoms with van der Waals surface area (Å²) in [5.41, 5.74) is 2.42. The second kappa shape index (κ2) is 6.77. The van der Waals surface area contributed by atoms with Crippen molar-refractivity contribution in [3.63, 3.8) is 0 Å². The van der Waals surface area contributed by atoms with Crippen LogP contribution >= 0.6 is 11.8 Å². The van der Waals surface area contributed by atoms with Crippen molar-refractivity contribution in [1.29, 1.82) is 0 Å². The third-order valence-corrected chi connectivity index (χ3v) is 5.85. The first-order chi connectivity index (χ1) is 9.11. The number of hydrogen-bond donors (Lipinski definition) is 1. The number of aryl methyl sites for hydroxylation is 1. The molecule has 106 valence electrons. The normalized spacial score (nSPS) is 15.2.